The second kappa shape index (κ2) is 13.0. The molecule has 0 atom stereocenters. The van der Waals surface area contributed by atoms with Crippen molar-refractivity contribution in [2.75, 3.05) is 20.3 Å². The first-order valence-electron chi connectivity index (χ1n) is 10.5. The second-order valence-electron chi connectivity index (χ2n) is 7.19. The van der Waals surface area contributed by atoms with Gasteiger partial charge in [-0.1, -0.05) is 31.4 Å². The molecule has 6 heteroatoms. The Morgan fingerprint density at radius 3 is 2.19 bits per heavy atom. The quantitative estimate of drug-likeness (QED) is 0.178. The summed E-state index contributed by atoms with van der Waals surface area (Å²) in [6.45, 7) is 9.59. The van der Waals surface area contributed by atoms with Crippen molar-refractivity contribution in [3.63, 3.8) is 0 Å². The van der Waals surface area contributed by atoms with Crippen molar-refractivity contribution >= 4 is 11.9 Å². The number of ether oxygens (including phenoxy) is 4. The van der Waals surface area contributed by atoms with Crippen LogP contribution in [0.3, 0.4) is 0 Å². The molecule has 0 amide bonds. The Balaban J connectivity index is 1.82. The van der Waals surface area contributed by atoms with E-state index in [4.69, 9.17) is 18.9 Å². The number of carbonyl (C=O) groups excluding carboxylic acids is 2. The lowest BCUT2D eigenvalue weighted by molar-refractivity contribution is -0.137. The van der Waals surface area contributed by atoms with E-state index in [9.17, 15) is 9.59 Å². The van der Waals surface area contributed by atoms with E-state index in [0.29, 0.717) is 30.3 Å². The van der Waals surface area contributed by atoms with E-state index < -0.39 is 5.97 Å². The van der Waals surface area contributed by atoms with Crippen LogP contribution in [0.2, 0.25) is 0 Å². The summed E-state index contributed by atoms with van der Waals surface area (Å²) >= 11 is 0. The molecule has 0 aliphatic rings. The van der Waals surface area contributed by atoms with Gasteiger partial charge in [0, 0.05) is 11.6 Å². The molecule has 2 aromatic rings. The number of hydrogen-bond acceptors (Lipinski definition) is 6. The molecule has 0 saturated heterocycles. The van der Waals surface area contributed by atoms with Crippen LogP contribution < -0.4 is 14.2 Å². The summed E-state index contributed by atoms with van der Waals surface area (Å²) in [5.74, 6) is 0.749. The largest absolute Gasteiger partial charge is 0.494 e. The fourth-order valence-electron chi connectivity index (χ4n) is 2.84. The van der Waals surface area contributed by atoms with Crippen molar-refractivity contribution in [3.05, 3.63) is 67.3 Å². The van der Waals surface area contributed by atoms with Crippen LogP contribution in [0.1, 0.15) is 32.6 Å². The topological polar surface area (TPSA) is 71.1 Å². The fourth-order valence-corrected chi connectivity index (χ4v) is 2.84. The number of esters is 2. The Bertz CT molecular complexity index is 930. The van der Waals surface area contributed by atoms with Crippen LogP contribution in [-0.2, 0) is 14.3 Å². The lowest BCUT2D eigenvalue weighted by Crippen LogP contribution is -2.09. The van der Waals surface area contributed by atoms with Crippen LogP contribution in [0.25, 0.3) is 11.1 Å². The standard InChI is InChI=1S/C26H30O6/c1-5-25(27)31-17-9-7-6-8-16-30-22-13-10-20(11-14-22)21-12-15-23(24(18-21)29-4)32-26(28)19(2)3/h5,10-15,18H,1-2,6-9,16-17H2,3-4H3. The molecular weight excluding hydrogens is 408 g/mol. The molecule has 0 aromatic heterocycles. The molecule has 0 aliphatic carbocycles. The van der Waals surface area contributed by atoms with E-state index in [1.807, 2.05) is 36.4 Å². The van der Waals surface area contributed by atoms with Crippen LogP contribution in [0, 0.1) is 0 Å². The Morgan fingerprint density at radius 1 is 0.906 bits per heavy atom. The molecule has 2 rings (SSSR count). The first kappa shape index (κ1) is 24.7. The van der Waals surface area contributed by atoms with Gasteiger partial charge < -0.3 is 18.9 Å². The van der Waals surface area contributed by atoms with Gasteiger partial charge in [-0.3, -0.25) is 0 Å². The summed E-state index contributed by atoms with van der Waals surface area (Å²) in [6.07, 6.45) is 4.92. The van der Waals surface area contributed by atoms with Gasteiger partial charge in [-0.25, -0.2) is 9.59 Å². The molecule has 170 valence electrons. The number of methoxy groups -OCH3 is 1. The molecular formula is C26H30O6. The highest BCUT2D eigenvalue weighted by Crippen LogP contribution is 2.33. The first-order chi connectivity index (χ1) is 15.4. The number of benzene rings is 2. The van der Waals surface area contributed by atoms with Crippen molar-refractivity contribution in [1.82, 2.24) is 0 Å². The van der Waals surface area contributed by atoms with E-state index in [1.54, 1.807) is 13.0 Å². The van der Waals surface area contributed by atoms with Gasteiger partial charge in [-0.05, 0) is 68.0 Å². The van der Waals surface area contributed by atoms with Crippen LogP contribution in [0.15, 0.2) is 67.3 Å². The molecule has 2 aromatic carbocycles. The number of hydrogen-bond donors (Lipinski definition) is 0. The predicted octanol–water partition coefficient (Wildman–Crippen LogP) is 5.51. The minimum absolute atomic E-state index is 0.320. The average molecular weight is 439 g/mol. The molecule has 0 N–H and O–H groups in total. The summed E-state index contributed by atoms with van der Waals surface area (Å²) in [5, 5.41) is 0. The third-order valence-electron chi connectivity index (χ3n) is 4.62. The lowest BCUT2D eigenvalue weighted by atomic mass is 10.0. The lowest BCUT2D eigenvalue weighted by Gasteiger charge is -2.12. The predicted molar refractivity (Wildman–Crippen MR) is 124 cm³/mol. The molecule has 6 nitrogen and oxygen atoms in total. The molecule has 0 unspecified atom stereocenters. The minimum Gasteiger partial charge on any atom is -0.494 e. The van der Waals surface area contributed by atoms with Gasteiger partial charge in [0.2, 0.25) is 0 Å². The zero-order valence-electron chi connectivity index (χ0n) is 18.7. The third kappa shape index (κ3) is 7.95. The fraction of sp³-hybridized carbons (Fsp3) is 0.308. The monoisotopic (exact) mass is 438 g/mol. The molecule has 0 radical (unpaired) electrons. The zero-order chi connectivity index (χ0) is 23.3. The Kier molecular flexibility index (Phi) is 10.0. The van der Waals surface area contributed by atoms with E-state index in [1.165, 1.54) is 13.2 Å². The highest BCUT2D eigenvalue weighted by molar-refractivity contribution is 5.89. The molecule has 0 saturated carbocycles. The van der Waals surface area contributed by atoms with E-state index in [0.717, 1.165) is 42.6 Å². The molecule has 0 bridgehead atoms. The van der Waals surface area contributed by atoms with E-state index in [2.05, 4.69) is 13.2 Å². The van der Waals surface area contributed by atoms with Crippen molar-refractivity contribution in [1.29, 1.82) is 0 Å². The van der Waals surface area contributed by atoms with E-state index in [-0.39, 0.29) is 5.97 Å². The SMILES string of the molecule is C=CC(=O)OCCCCCCOc1ccc(-c2ccc(OC(=O)C(=C)C)c(OC)c2)cc1. The Hall–Kier alpha value is -3.54. The minimum atomic E-state index is -0.492. The summed E-state index contributed by atoms with van der Waals surface area (Å²) in [6, 6.07) is 13.2. The molecule has 0 heterocycles. The van der Waals surface area contributed by atoms with Crippen molar-refractivity contribution < 1.29 is 28.5 Å². The van der Waals surface area contributed by atoms with Crippen molar-refractivity contribution in [2.24, 2.45) is 0 Å². The van der Waals surface area contributed by atoms with Crippen LogP contribution in [-0.4, -0.2) is 32.3 Å². The van der Waals surface area contributed by atoms with Gasteiger partial charge in [-0.2, -0.15) is 0 Å². The van der Waals surface area contributed by atoms with Gasteiger partial charge in [0.1, 0.15) is 5.75 Å². The number of rotatable bonds is 13. The molecule has 32 heavy (non-hydrogen) atoms. The highest BCUT2D eigenvalue weighted by Gasteiger charge is 2.12. The van der Waals surface area contributed by atoms with Gasteiger partial charge in [0.15, 0.2) is 11.5 Å². The third-order valence-corrected chi connectivity index (χ3v) is 4.62. The van der Waals surface area contributed by atoms with Crippen LogP contribution in [0.5, 0.6) is 17.2 Å². The molecule has 0 aliphatic heterocycles. The van der Waals surface area contributed by atoms with Crippen molar-refractivity contribution in [2.45, 2.75) is 32.6 Å². The number of unbranched alkanes of at least 4 members (excludes halogenated alkanes) is 3. The van der Waals surface area contributed by atoms with Gasteiger partial charge in [0.25, 0.3) is 0 Å². The maximum Gasteiger partial charge on any atom is 0.338 e. The highest BCUT2D eigenvalue weighted by atomic mass is 16.6. The van der Waals surface area contributed by atoms with Gasteiger partial charge in [0.05, 0.1) is 20.3 Å². The first-order valence-corrected chi connectivity index (χ1v) is 10.5. The summed E-state index contributed by atoms with van der Waals surface area (Å²) in [7, 11) is 1.53. The summed E-state index contributed by atoms with van der Waals surface area (Å²) in [4.78, 5) is 22.7. The van der Waals surface area contributed by atoms with Crippen LogP contribution >= 0.6 is 0 Å². The normalized spacial score (nSPS) is 10.2. The Morgan fingerprint density at radius 2 is 1.56 bits per heavy atom. The number of carbonyl (C=O) groups is 2. The zero-order valence-corrected chi connectivity index (χ0v) is 18.7. The van der Waals surface area contributed by atoms with Crippen LogP contribution in [0.4, 0.5) is 0 Å². The Labute approximate surface area is 189 Å². The molecule has 0 fully saturated rings. The van der Waals surface area contributed by atoms with E-state index >= 15 is 0 Å². The van der Waals surface area contributed by atoms with Crippen molar-refractivity contribution in [3.8, 4) is 28.4 Å². The maximum atomic E-state index is 11.8. The summed E-state index contributed by atoms with van der Waals surface area (Å²) < 4.78 is 21.4. The average Bonchev–Trinajstić information content (AvgIpc) is 2.81. The van der Waals surface area contributed by atoms with Gasteiger partial charge in [-0.15, -0.1) is 0 Å². The molecule has 0 spiro atoms. The van der Waals surface area contributed by atoms with Gasteiger partial charge >= 0.3 is 11.9 Å². The second-order valence-corrected chi connectivity index (χ2v) is 7.19. The summed E-state index contributed by atoms with van der Waals surface area (Å²) in [5.41, 5.74) is 2.24. The maximum absolute atomic E-state index is 11.8. The smallest absolute Gasteiger partial charge is 0.338 e.